The van der Waals surface area contributed by atoms with Crippen molar-refractivity contribution in [2.45, 2.75) is 13.5 Å². The van der Waals surface area contributed by atoms with Gasteiger partial charge in [-0.3, -0.25) is 4.79 Å². The number of aromatic nitrogens is 3. The maximum absolute atomic E-state index is 12.7. The summed E-state index contributed by atoms with van der Waals surface area (Å²) in [6, 6.07) is 11.4. The van der Waals surface area contributed by atoms with Gasteiger partial charge in [-0.1, -0.05) is 35.0 Å². The Labute approximate surface area is 132 Å². The van der Waals surface area contributed by atoms with E-state index in [-0.39, 0.29) is 5.56 Å². The van der Waals surface area contributed by atoms with E-state index < -0.39 is 0 Å². The predicted octanol–water partition coefficient (Wildman–Crippen LogP) is 1.92. The zero-order chi connectivity index (χ0) is 15.8. The zero-order valence-electron chi connectivity index (χ0n) is 12.7. The van der Waals surface area contributed by atoms with Crippen LogP contribution in [0.3, 0.4) is 0 Å². The molecule has 0 N–H and O–H groups in total. The van der Waals surface area contributed by atoms with Gasteiger partial charge >= 0.3 is 0 Å². The van der Waals surface area contributed by atoms with Crippen LogP contribution in [0.5, 0.6) is 11.5 Å². The van der Waals surface area contributed by atoms with Gasteiger partial charge in [0.1, 0.15) is 18.7 Å². The summed E-state index contributed by atoms with van der Waals surface area (Å²) in [7, 11) is 0. The molecule has 1 aliphatic rings. The van der Waals surface area contributed by atoms with Gasteiger partial charge in [0.25, 0.3) is 5.56 Å². The first-order valence-corrected chi connectivity index (χ1v) is 7.43. The summed E-state index contributed by atoms with van der Waals surface area (Å²) in [6.07, 6.45) is 0. The summed E-state index contributed by atoms with van der Waals surface area (Å²) < 4.78 is 12.4. The second kappa shape index (κ2) is 5.39. The minimum Gasteiger partial charge on any atom is -0.486 e. The molecule has 3 aromatic rings. The molecule has 1 aromatic heterocycles. The summed E-state index contributed by atoms with van der Waals surface area (Å²) in [5, 5.41) is 8.67. The third-order valence-corrected chi connectivity index (χ3v) is 3.80. The third-order valence-electron chi connectivity index (χ3n) is 3.80. The molecule has 0 fully saturated rings. The van der Waals surface area contributed by atoms with Crippen molar-refractivity contribution >= 4 is 10.9 Å². The molecule has 4 rings (SSSR count). The average molecular weight is 309 g/mol. The van der Waals surface area contributed by atoms with Gasteiger partial charge in [0, 0.05) is 6.07 Å². The van der Waals surface area contributed by atoms with Gasteiger partial charge in [0.2, 0.25) is 0 Å². The van der Waals surface area contributed by atoms with E-state index in [2.05, 4.69) is 10.3 Å². The van der Waals surface area contributed by atoms with Crippen molar-refractivity contribution in [3.8, 4) is 11.5 Å². The van der Waals surface area contributed by atoms with Crippen molar-refractivity contribution in [3.63, 3.8) is 0 Å². The Morgan fingerprint density at radius 1 is 1.13 bits per heavy atom. The molecule has 6 heteroatoms. The molecule has 0 saturated carbocycles. The van der Waals surface area contributed by atoms with Crippen LogP contribution in [-0.4, -0.2) is 28.2 Å². The van der Waals surface area contributed by atoms with Crippen molar-refractivity contribution in [3.05, 3.63) is 57.9 Å². The normalized spacial score (nSPS) is 13.3. The highest BCUT2D eigenvalue weighted by Gasteiger charge is 2.16. The fourth-order valence-electron chi connectivity index (χ4n) is 2.70. The first-order chi connectivity index (χ1) is 11.2. The van der Waals surface area contributed by atoms with Gasteiger partial charge in [0.15, 0.2) is 11.5 Å². The minimum absolute atomic E-state index is 0.187. The van der Waals surface area contributed by atoms with Gasteiger partial charge in [-0.15, -0.1) is 5.10 Å². The molecular weight excluding hydrogens is 294 g/mol. The number of nitrogens with zero attached hydrogens (tertiary/aromatic N) is 3. The highest BCUT2D eigenvalue weighted by molar-refractivity contribution is 5.81. The van der Waals surface area contributed by atoms with Gasteiger partial charge in [-0.25, -0.2) is 4.68 Å². The number of hydrogen-bond donors (Lipinski definition) is 0. The lowest BCUT2D eigenvalue weighted by Crippen LogP contribution is -2.25. The summed E-state index contributed by atoms with van der Waals surface area (Å²) >= 11 is 0. The summed E-state index contributed by atoms with van der Waals surface area (Å²) in [5.74, 6) is 1.19. The summed E-state index contributed by atoms with van der Waals surface area (Å²) in [4.78, 5) is 12.7. The number of benzene rings is 2. The largest absolute Gasteiger partial charge is 0.486 e. The maximum Gasteiger partial charge on any atom is 0.278 e. The number of hydrogen-bond acceptors (Lipinski definition) is 5. The molecule has 0 unspecified atom stereocenters. The lowest BCUT2D eigenvalue weighted by Gasteiger charge is -2.18. The SMILES string of the molecule is Cc1cccc(Cn2nnc3cc4c(cc3c2=O)OCCO4)c1. The van der Waals surface area contributed by atoms with Crippen LogP contribution in [0.25, 0.3) is 10.9 Å². The minimum atomic E-state index is -0.187. The standard InChI is InChI=1S/C17H15N3O3/c1-11-3-2-4-12(7-11)10-20-17(21)13-8-15-16(23-6-5-22-15)9-14(13)18-19-20/h2-4,7-9H,5-6,10H2,1H3. The van der Waals surface area contributed by atoms with E-state index in [1.54, 1.807) is 12.1 Å². The van der Waals surface area contributed by atoms with Crippen molar-refractivity contribution in [1.82, 2.24) is 15.0 Å². The Kier molecular flexibility index (Phi) is 3.22. The van der Waals surface area contributed by atoms with Crippen molar-refractivity contribution in [2.24, 2.45) is 0 Å². The highest BCUT2D eigenvalue weighted by atomic mass is 16.6. The molecule has 1 aliphatic heterocycles. The molecule has 2 heterocycles. The molecule has 0 aliphatic carbocycles. The molecule has 2 aromatic carbocycles. The van der Waals surface area contributed by atoms with E-state index in [1.165, 1.54) is 4.68 Å². The Balaban J connectivity index is 1.79. The van der Waals surface area contributed by atoms with Crippen LogP contribution in [0.4, 0.5) is 0 Å². The molecule has 23 heavy (non-hydrogen) atoms. The van der Waals surface area contributed by atoms with E-state index in [1.807, 2.05) is 31.2 Å². The number of aryl methyl sites for hydroxylation is 1. The first-order valence-electron chi connectivity index (χ1n) is 7.43. The van der Waals surface area contributed by atoms with Gasteiger partial charge in [-0.2, -0.15) is 0 Å². The molecule has 116 valence electrons. The summed E-state index contributed by atoms with van der Waals surface area (Å²) in [6.45, 7) is 3.38. The molecule has 6 nitrogen and oxygen atoms in total. The topological polar surface area (TPSA) is 66.2 Å². The van der Waals surface area contributed by atoms with Gasteiger partial charge in [-0.05, 0) is 18.6 Å². The fraction of sp³-hybridized carbons (Fsp3) is 0.235. The van der Waals surface area contributed by atoms with Crippen LogP contribution in [0.15, 0.2) is 41.2 Å². The average Bonchev–Trinajstić information content (AvgIpc) is 2.56. The smallest absolute Gasteiger partial charge is 0.278 e. The zero-order valence-corrected chi connectivity index (χ0v) is 12.7. The Morgan fingerprint density at radius 3 is 2.70 bits per heavy atom. The van der Waals surface area contributed by atoms with Gasteiger partial charge in [0.05, 0.1) is 11.9 Å². The van der Waals surface area contributed by atoms with Crippen LogP contribution in [-0.2, 0) is 6.54 Å². The van der Waals surface area contributed by atoms with Crippen LogP contribution in [0.1, 0.15) is 11.1 Å². The Bertz CT molecular complexity index is 949. The van der Waals surface area contributed by atoms with Crippen molar-refractivity contribution in [2.75, 3.05) is 13.2 Å². The Hall–Kier alpha value is -2.89. The van der Waals surface area contributed by atoms with E-state index in [0.717, 1.165) is 11.1 Å². The molecule has 0 amide bonds. The first kappa shape index (κ1) is 13.8. The van der Waals surface area contributed by atoms with Crippen LogP contribution < -0.4 is 15.0 Å². The van der Waals surface area contributed by atoms with E-state index in [4.69, 9.17) is 9.47 Å². The van der Waals surface area contributed by atoms with E-state index >= 15 is 0 Å². The van der Waals surface area contributed by atoms with E-state index in [0.29, 0.717) is 42.2 Å². The number of rotatable bonds is 2. The Morgan fingerprint density at radius 2 is 1.91 bits per heavy atom. The van der Waals surface area contributed by atoms with Crippen LogP contribution in [0, 0.1) is 6.92 Å². The highest BCUT2D eigenvalue weighted by Crippen LogP contribution is 2.32. The van der Waals surface area contributed by atoms with Gasteiger partial charge < -0.3 is 9.47 Å². The lowest BCUT2D eigenvalue weighted by molar-refractivity contribution is 0.172. The third kappa shape index (κ3) is 2.52. The molecule has 0 radical (unpaired) electrons. The van der Waals surface area contributed by atoms with Crippen LogP contribution >= 0.6 is 0 Å². The second-order valence-electron chi connectivity index (χ2n) is 5.55. The molecule has 0 bridgehead atoms. The molecular formula is C17H15N3O3. The quantitative estimate of drug-likeness (QED) is 0.723. The summed E-state index contributed by atoms with van der Waals surface area (Å²) in [5.41, 5.74) is 2.48. The lowest BCUT2D eigenvalue weighted by atomic mass is 10.1. The maximum atomic E-state index is 12.7. The van der Waals surface area contributed by atoms with E-state index in [9.17, 15) is 4.79 Å². The molecule has 0 spiro atoms. The number of ether oxygens (including phenoxy) is 2. The monoisotopic (exact) mass is 309 g/mol. The molecule has 0 saturated heterocycles. The predicted molar refractivity (Wildman–Crippen MR) is 85.1 cm³/mol. The van der Waals surface area contributed by atoms with Crippen molar-refractivity contribution in [1.29, 1.82) is 0 Å². The molecule has 0 atom stereocenters. The van der Waals surface area contributed by atoms with Crippen molar-refractivity contribution < 1.29 is 9.47 Å². The second-order valence-corrected chi connectivity index (χ2v) is 5.55. The number of fused-ring (bicyclic) bond motifs is 2. The fourth-order valence-corrected chi connectivity index (χ4v) is 2.70. The van der Waals surface area contributed by atoms with Crippen LogP contribution in [0.2, 0.25) is 0 Å².